The van der Waals surface area contributed by atoms with E-state index in [0.29, 0.717) is 0 Å². The molecule has 0 aliphatic heterocycles. The summed E-state index contributed by atoms with van der Waals surface area (Å²) in [4.78, 5) is 4.44. The van der Waals surface area contributed by atoms with E-state index in [0.717, 1.165) is 29.7 Å². The molecule has 0 bridgehead atoms. The lowest BCUT2D eigenvalue weighted by atomic mass is 9.98. The molecule has 1 aromatic carbocycles. The Hall–Kier alpha value is -1.83. The second-order valence-electron chi connectivity index (χ2n) is 6.18. The zero-order valence-corrected chi connectivity index (χ0v) is 14.8. The van der Waals surface area contributed by atoms with Crippen LogP contribution in [0.5, 0.6) is 5.75 Å². The van der Waals surface area contributed by atoms with Gasteiger partial charge in [0.2, 0.25) is 0 Å². The first kappa shape index (κ1) is 17.5. The van der Waals surface area contributed by atoms with Crippen molar-refractivity contribution < 1.29 is 4.74 Å². The van der Waals surface area contributed by atoms with Gasteiger partial charge in [-0.1, -0.05) is 39.2 Å². The van der Waals surface area contributed by atoms with Crippen molar-refractivity contribution in [1.29, 1.82) is 0 Å². The van der Waals surface area contributed by atoms with Crippen LogP contribution in [0.25, 0.3) is 11.1 Å². The highest BCUT2D eigenvalue weighted by atomic mass is 16.5. The van der Waals surface area contributed by atoms with Crippen LogP contribution in [0, 0.1) is 0 Å². The molecule has 124 valence electrons. The maximum Gasteiger partial charge on any atom is 0.126 e. The van der Waals surface area contributed by atoms with Crippen LogP contribution in [-0.2, 0) is 12.8 Å². The van der Waals surface area contributed by atoms with Crippen molar-refractivity contribution >= 4 is 0 Å². The summed E-state index contributed by atoms with van der Waals surface area (Å²) in [6.45, 7) is 4.47. The zero-order chi connectivity index (χ0) is 16.5. The van der Waals surface area contributed by atoms with E-state index in [2.05, 4.69) is 43.1 Å². The third-order valence-corrected chi connectivity index (χ3v) is 4.26. The minimum atomic E-state index is 0.929. The highest BCUT2D eigenvalue weighted by Gasteiger charge is 2.08. The van der Waals surface area contributed by atoms with E-state index in [-0.39, 0.29) is 0 Å². The van der Waals surface area contributed by atoms with Crippen LogP contribution >= 0.6 is 0 Å². The lowest BCUT2D eigenvalue weighted by Crippen LogP contribution is -1.94. The Balaban J connectivity index is 2.26. The summed E-state index contributed by atoms with van der Waals surface area (Å²) in [5, 5.41) is 0. The Labute approximate surface area is 140 Å². The van der Waals surface area contributed by atoms with Crippen LogP contribution in [0.1, 0.15) is 57.1 Å². The maximum atomic E-state index is 5.57. The largest absolute Gasteiger partial charge is 0.496 e. The summed E-state index contributed by atoms with van der Waals surface area (Å²) in [7, 11) is 1.74. The molecule has 1 aromatic heterocycles. The molecule has 0 saturated carbocycles. The first-order chi connectivity index (χ1) is 11.3. The molecule has 0 atom stereocenters. The molecule has 0 unspecified atom stereocenters. The van der Waals surface area contributed by atoms with Crippen molar-refractivity contribution in [2.75, 3.05) is 7.11 Å². The number of aromatic nitrogens is 1. The van der Waals surface area contributed by atoms with Crippen LogP contribution in [0.3, 0.4) is 0 Å². The van der Waals surface area contributed by atoms with Gasteiger partial charge in [-0.3, -0.25) is 4.98 Å². The summed E-state index contributed by atoms with van der Waals surface area (Å²) in [5.74, 6) is 0.929. The number of pyridine rings is 1. The minimum absolute atomic E-state index is 0.929. The lowest BCUT2D eigenvalue weighted by Gasteiger charge is -2.12. The quantitative estimate of drug-likeness (QED) is 0.543. The van der Waals surface area contributed by atoms with E-state index in [9.17, 15) is 0 Å². The molecule has 0 aliphatic carbocycles. The molecule has 0 fully saturated rings. The Morgan fingerprint density at radius 1 is 0.870 bits per heavy atom. The molecule has 2 heteroatoms. The second-order valence-corrected chi connectivity index (χ2v) is 6.18. The van der Waals surface area contributed by atoms with Gasteiger partial charge in [-0.05, 0) is 55.0 Å². The smallest absolute Gasteiger partial charge is 0.126 e. The zero-order valence-electron chi connectivity index (χ0n) is 14.8. The van der Waals surface area contributed by atoms with Gasteiger partial charge in [0, 0.05) is 23.5 Å². The molecule has 0 amide bonds. The van der Waals surface area contributed by atoms with Gasteiger partial charge < -0.3 is 4.74 Å². The number of benzene rings is 1. The van der Waals surface area contributed by atoms with Crippen LogP contribution in [0.15, 0.2) is 36.7 Å². The van der Waals surface area contributed by atoms with E-state index < -0.39 is 0 Å². The Kier molecular flexibility index (Phi) is 7.12. The van der Waals surface area contributed by atoms with Gasteiger partial charge in [-0.2, -0.15) is 0 Å². The molecular formula is C21H29NO. The number of rotatable bonds is 9. The average Bonchev–Trinajstić information content (AvgIpc) is 2.60. The fourth-order valence-corrected chi connectivity index (χ4v) is 2.87. The second kappa shape index (κ2) is 9.34. The minimum Gasteiger partial charge on any atom is -0.496 e. The van der Waals surface area contributed by atoms with Gasteiger partial charge in [0.05, 0.1) is 7.11 Å². The van der Waals surface area contributed by atoms with Crippen molar-refractivity contribution in [2.45, 2.75) is 58.8 Å². The van der Waals surface area contributed by atoms with Crippen molar-refractivity contribution in [3.8, 4) is 16.9 Å². The first-order valence-electron chi connectivity index (χ1n) is 8.89. The molecule has 0 N–H and O–H groups in total. The van der Waals surface area contributed by atoms with Crippen LogP contribution in [-0.4, -0.2) is 12.1 Å². The number of unbranched alkanes of at least 4 members (excludes halogenated alkanes) is 3. The highest BCUT2D eigenvalue weighted by molar-refractivity contribution is 5.71. The average molecular weight is 311 g/mol. The predicted molar refractivity (Wildman–Crippen MR) is 98.1 cm³/mol. The number of hydrogen-bond donors (Lipinski definition) is 0. The molecule has 0 saturated heterocycles. The molecule has 0 spiro atoms. The monoisotopic (exact) mass is 311 g/mol. The van der Waals surface area contributed by atoms with Crippen molar-refractivity contribution in [3.05, 3.63) is 47.8 Å². The summed E-state index contributed by atoms with van der Waals surface area (Å²) in [6.07, 6.45) is 12.4. The summed E-state index contributed by atoms with van der Waals surface area (Å²) >= 11 is 0. The third-order valence-electron chi connectivity index (χ3n) is 4.26. The number of ether oxygens (including phenoxy) is 1. The maximum absolute atomic E-state index is 5.57. The number of methoxy groups -OCH3 is 1. The first-order valence-corrected chi connectivity index (χ1v) is 8.89. The van der Waals surface area contributed by atoms with Gasteiger partial charge >= 0.3 is 0 Å². The van der Waals surface area contributed by atoms with Gasteiger partial charge in [0.25, 0.3) is 0 Å². The fourth-order valence-electron chi connectivity index (χ4n) is 2.87. The predicted octanol–water partition coefficient (Wildman–Crippen LogP) is 5.83. The molecular weight excluding hydrogens is 282 g/mol. The van der Waals surface area contributed by atoms with Crippen LogP contribution in [0.2, 0.25) is 0 Å². The van der Waals surface area contributed by atoms with E-state index >= 15 is 0 Å². The van der Waals surface area contributed by atoms with Crippen LogP contribution in [0.4, 0.5) is 0 Å². The molecule has 0 radical (unpaired) electrons. The van der Waals surface area contributed by atoms with Gasteiger partial charge in [-0.15, -0.1) is 0 Å². The molecule has 2 rings (SSSR count). The van der Waals surface area contributed by atoms with Crippen molar-refractivity contribution in [2.24, 2.45) is 0 Å². The van der Waals surface area contributed by atoms with Crippen LogP contribution < -0.4 is 4.74 Å². The summed E-state index contributed by atoms with van der Waals surface area (Å²) in [5.41, 5.74) is 5.01. The molecule has 2 aromatic rings. The number of aryl methyl sites for hydroxylation is 2. The van der Waals surface area contributed by atoms with Gasteiger partial charge in [0.15, 0.2) is 0 Å². The molecule has 0 aliphatic rings. The van der Waals surface area contributed by atoms with E-state index in [1.165, 1.54) is 43.2 Å². The molecule has 23 heavy (non-hydrogen) atoms. The highest BCUT2D eigenvalue weighted by Crippen LogP contribution is 2.31. The van der Waals surface area contributed by atoms with E-state index in [4.69, 9.17) is 4.74 Å². The van der Waals surface area contributed by atoms with Gasteiger partial charge in [-0.25, -0.2) is 0 Å². The van der Waals surface area contributed by atoms with Crippen molar-refractivity contribution in [1.82, 2.24) is 4.98 Å². The summed E-state index contributed by atoms with van der Waals surface area (Å²) in [6, 6.07) is 8.81. The van der Waals surface area contributed by atoms with E-state index in [1.807, 2.05) is 12.4 Å². The van der Waals surface area contributed by atoms with E-state index in [1.54, 1.807) is 7.11 Å². The molecule has 2 nitrogen and oxygen atoms in total. The SMILES string of the molecule is CCCCCc1ccc(OC)c(-c2cncc(CCCC)c2)c1. The Morgan fingerprint density at radius 2 is 1.65 bits per heavy atom. The van der Waals surface area contributed by atoms with Gasteiger partial charge in [0.1, 0.15) is 5.75 Å². The summed E-state index contributed by atoms with van der Waals surface area (Å²) < 4.78 is 5.57. The fraction of sp³-hybridized carbons (Fsp3) is 0.476. The topological polar surface area (TPSA) is 22.1 Å². The molecule has 1 heterocycles. The lowest BCUT2D eigenvalue weighted by molar-refractivity contribution is 0.416. The Bertz CT molecular complexity index is 607. The Morgan fingerprint density at radius 3 is 2.39 bits per heavy atom. The number of hydrogen-bond acceptors (Lipinski definition) is 2. The normalized spacial score (nSPS) is 10.7. The number of nitrogens with zero attached hydrogens (tertiary/aromatic N) is 1. The standard InChI is InChI=1S/C21H29NO/c1-4-6-8-10-17-11-12-21(23-3)20(14-17)19-13-18(9-7-5-2)15-22-16-19/h11-16H,4-10H2,1-3H3. The van der Waals surface area contributed by atoms with Crippen molar-refractivity contribution in [3.63, 3.8) is 0 Å². The third kappa shape index (κ3) is 5.09.